The van der Waals surface area contributed by atoms with Crippen LogP contribution in [-0.2, 0) is 5.54 Å². The first kappa shape index (κ1) is 12.4. The first-order valence-electron chi connectivity index (χ1n) is 6.70. The number of nitrogens with two attached hydrogens (primary N) is 1. The van der Waals surface area contributed by atoms with Crippen molar-refractivity contribution in [2.45, 2.75) is 38.1 Å². The Morgan fingerprint density at radius 2 is 1.84 bits per heavy atom. The minimum atomic E-state index is -0.316. The van der Waals surface area contributed by atoms with Crippen LogP contribution in [0.15, 0.2) is 24.3 Å². The predicted octanol–water partition coefficient (Wildman–Crippen LogP) is 3.25. The maximum Gasteiger partial charge on any atom is 0.127 e. The van der Waals surface area contributed by atoms with Crippen LogP contribution in [0, 0.1) is 12.7 Å². The number of rotatable bonds is 2. The number of nitrogens with zero attached hydrogens (tertiary/aromatic N) is 1. The molecule has 100 valence electrons. The molecule has 1 aliphatic carbocycles. The smallest absolute Gasteiger partial charge is 0.127 e. The van der Waals surface area contributed by atoms with Gasteiger partial charge in [-0.3, -0.25) is 0 Å². The topological polar surface area (TPSA) is 54.7 Å². The third kappa shape index (κ3) is 2.16. The van der Waals surface area contributed by atoms with Crippen LogP contribution in [0.2, 0.25) is 0 Å². The lowest BCUT2D eigenvalue weighted by Crippen LogP contribution is -2.34. The second-order valence-electron chi connectivity index (χ2n) is 5.43. The summed E-state index contributed by atoms with van der Waals surface area (Å²) < 4.78 is 13.0. The molecule has 2 aromatic rings. The van der Waals surface area contributed by atoms with E-state index in [0.717, 1.165) is 48.5 Å². The van der Waals surface area contributed by atoms with Crippen molar-refractivity contribution in [2.24, 2.45) is 5.73 Å². The van der Waals surface area contributed by atoms with Crippen LogP contribution in [0.4, 0.5) is 4.39 Å². The van der Waals surface area contributed by atoms with Crippen LogP contribution in [0.3, 0.4) is 0 Å². The van der Waals surface area contributed by atoms with E-state index in [1.54, 1.807) is 12.1 Å². The molecule has 3 N–H and O–H groups in total. The van der Waals surface area contributed by atoms with Crippen LogP contribution in [0.5, 0.6) is 0 Å². The predicted molar refractivity (Wildman–Crippen MR) is 73.1 cm³/mol. The van der Waals surface area contributed by atoms with Crippen LogP contribution in [-0.4, -0.2) is 9.97 Å². The Labute approximate surface area is 112 Å². The fourth-order valence-electron chi connectivity index (χ4n) is 2.83. The monoisotopic (exact) mass is 259 g/mol. The normalized spacial score (nSPS) is 17.8. The van der Waals surface area contributed by atoms with Crippen molar-refractivity contribution in [3.63, 3.8) is 0 Å². The lowest BCUT2D eigenvalue weighted by molar-refractivity contribution is 0.435. The van der Waals surface area contributed by atoms with E-state index in [1.165, 1.54) is 12.1 Å². The molecule has 19 heavy (non-hydrogen) atoms. The molecule has 0 atom stereocenters. The molecule has 1 saturated carbocycles. The summed E-state index contributed by atoms with van der Waals surface area (Å²) >= 11 is 0. The Balaban J connectivity index is 1.99. The molecular formula is C15H18FN3. The van der Waals surface area contributed by atoms with Crippen molar-refractivity contribution in [2.75, 3.05) is 0 Å². The van der Waals surface area contributed by atoms with E-state index in [-0.39, 0.29) is 11.4 Å². The van der Waals surface area contributed by atoms with Gasteiger partial charge in [-0.25, -0.2) is 9.37 Å². The minimum Gasteiger partial charge on any atom is -0.344 e. The van der Waals surface area contributed by atoms with Crippen LogP contribution in [0.1, 0.15) is 37.2 Å². The molecule has 0 amide bonds. The number of H-pyrrole nitrogens is 1. The Morgan fingerprint density at radius 3 is 2.47 bits per heavy atom. The van der Waals surface area contributed by atoms with Gasteiger partial charge in [-0.15, -0.1) is 0 Å². The zero-order valence-electron chi connectivity index (χ0n) is 11.0. The van der Waals surface area contributed by atoms with Gasteiger partial charge in [0.1, 0.15) is 11.6 Å². The molecule has 0 saturated heterocycles. The summed E-state index contributed by atoms with van der Waals surface area (Å²) in [5.41, 5.74) is 8.87. The van der Waals surface area contributed by atoms with Gasteiger partial charge in [0.25, 0.3) is 0 Å². The summed E-state index contributed by atoms with van der Waals surface area (Å²) in [6.07, 6.45) is 4.26. The second kappa shape index (κ2) is 4.46. The summed E-state index contributed by atoms with van der Waals surface area (Å²) in [5.74, 6) is 0.630. The van der Waals surface area contributed by atoms with Crippen molar-refractivity contribution in [3.8, 4) is 11.3 Å². The van der Waals surface area contributed by atoms with Crippen molar-refractivity contribution in [1.82, 2.24) is 9.97 Å². The number of hydrogen-bond donors (Lipinski definition) is 2. The molecule has 1 aromatic heterocycles. The van der Waals surface area contributed by atoms with Crippen molar-refractivity contribution >= 4 is 0 Å². The highest BCUT2D eigenvalue weighted by Crippen LogP contribution is 2.36. The molecule has 0 unspecified atom stereocenters. The van der Waals surface area contributed by atoms with Crippen LogP contribution in [0.25, 0.3) is 11.3 Å². The van der Waals surface area contributed by atoms with Crippen molar-refractivity contribution in [3.05, 3.63) is 41.6 Å². The molecule has 3 nitrogen and oxygen atoms in total. The number of nitrogens with one attached hydrogen (secondary N) is 1. The second-order valence-corrected chi connectivity index (χ2v) is 5.43. The highest BCUT2D eigenvalue weighted by molar-refractivity contribution is 5.62. The van der Waals surface area contributed by atoms with Gasteiger partial charge in [0, 0.05) is 11.3 Å². The quantitative estimate of drug-likeness (QED) is 0.869. The largest absolute Gasteiger partial charge is 0.344 e. The summed E-state index contributed by atoms with van der Waals surface area (Å²) in [7, 11) is 0. The molecule has 4 heteroatoms. The Kier molecular flexibility index (Phi) is 2.90. The third-order valence-electron chi connectivity index (χ3n) is 3.97. The lowest BCUT2D eigenvalue weighted by Gasteiger charge is -2.20. The highest BCUT2D eigenvalue weighted by atomic mass is 19.1. The fraction of sp³-hybridized carbons (Fsp3) is 0.400. The van der Waals surface area contributed by atoms with Gasteiger partial charge < -0.3 is 10.7 Å². The molecule has 0 spiro atoms. The Hall–Kier alpha value is -1.68. The number of aryl methyl sites for hydroxylation is 1. The first-order valence-corrected chi connectivity index (χ1v) is 6.70. The molecule has 0 aliphatic heterocycles. The zero-order chi connectivity index (χ0) is 13.5. The number of imidazole rings is 1. The van der Waals surface area contributed by atoms with Gasteiger partial charge in [-0.05, 0) is 44.0 Å². The van der Waals surface area contributed by atoms with Crippen LogP contribution >= 0.6 is 0 Å². The first-order chi connectivity index (χ1) is 9.08. The molecule has 0 radical (unpaired) electrons. The minimum absolute atomic E-state index is 0.233. The lowest BCUT2D eigenvalue weighted by atomic mass is 9.99. The summed E-state index contributed by atoms with van der Waals surface area (Å²) in [4.78, 5) is 7.97. The summed E-state index contributed by atoms with van der Waals surface area (Å²) in [6, 6.07) is 6.41. The number of hydrogen-bond acceptors (Lipinski definition) is 2. The van der Waals surface area contributed by atoms with E-state index < -0.39 is 0 Å². The maximum atomic E-state index is 13.0. The van der Waals surface area contributed by atoms with Crippen LogP contribution < -0.4 is 5.73 Å². The Morgan fingerprint density at radius 1 is 1.21 bits per heavy atom. The van der Waals surface area contributed by atoms with E-state index in [2.05, 4.69) is 9.97 Å². The summed E-state index contributed by atoms with van der Waals surface area (Å²) in [5, 5.41) is 0. The van der Waals surface area contributed by atoms with Gasteiger partial charge in [0.05, 0.1) is 11.2 Å². The number of halogens is 1. The van der Waals surface area contributed by atoms with Gasteiger partial charge in [0.15, 0.2) is 0 Å². The van der Waals surface area contributed by atoms with Gasteiger partial charge in [0.2, 0.25) is 0 Å². The molecule has 0 bridgehead atoms. The van der Waals surface area contributed by atoms with E-state index in [0.29, 0.717) is 0 Å². The van der Waals surface area contributed by atoms with E-state index in [1.807, 2.05) is 6.92 Å². The van der Waals surface area contributed by atoms with Gasteiger partial charge >= 0.3 is 0 Å². The van der Waals surface area contributed by atoms with E-state index >= 15 is 0 Å². The number of aromatic nitrogens is 2. The average molecular weight is 259 g/mol. The molecule has 3 rings (SSSR count). The molecule has 1 aromatic carbocycles. The third-order valence-corrected chi connectivity index (χ3v) is 3.97. The van der Waals surface area contributed by atoms with E-state index in [9.17, 15) is 4.39 Å². The van der Waals surface area contributed by atoms with Gasteiger partial charge in [-0.1, -0.05) is 12.8 Å². The Bertz CT molecular complexity index is 580. The average Bonchev–Trinajstić information content (AvgIpc) is 2.98. The van der Waals surface area contributed by atoms with E-state index in [4.69, 9.17) is 5.73 Å². The molecule has 1 aliphatic rings. The zero-order valence-corrected chi connectivity index (χ0v) is 11.0. The van der Waals surface area contributed by atoms with Crippen molar-refractivity contribution < 1.29 is 4.39 Å². The molecular weight excluding hydrogens is 241 g/mol. The standard InChI is InChI=1S/C15H18FN3/c1-10-13(11-4-6-12(16)7-5-11)19-14(18-10)15(17)8-2-3-9-15/h4-7H,2-3,8-9,17H2,1H3,(H,18,19). The maximum absolute atomic E-state index is 13.0. The highest BCUT2D eigenvalue weighted by Gasteiger charge is 2.34. The van der Waals surface area contributed by atoms with Gasteiger partial charge in [-0.2, -0.15) is 0 Å². The molecule has 1 fully saturated rings. The fourth-order valence-corrected chi connectivity index (χ4v) is 2.83. The molecule has 1 heterocycles. The number of aromatic amines is 1. The SMILES string of the molecule is Cc1[nH]c(C2(N)CCCC2)nc1-c1ccc(F)cc1. The van der Waals surface area contributed by atoms with Crippen molar-refractivity contribution in [1.29, 1.82) is 0 Å². The summed E-state index contributed by atoms with van der Waals surface area (Å²) in [6.45, 7) is 1.98. The number of benzene rings is 1.